The number of sulfone groups is 1. The van der Waals surface area contributed by atoms with Crippen LogP contribution in [0, 0.1) is 0 Å². The molecule has 1 amide bonds. The minimum atomic E-state index is -3.82. The second-order valence-electron chi connectivity index (χ2n) is 6.59. The van der Waals surface area contributed by atoms with Crippen molar-refractivity contribution >= 4 is 25.8 Å². The van der Waals surface area contributed by atoms with Crippen LogP contribution >= 0.6 is 0 Å². The van der Waals surface area contributed by atoms with Gasteiger partial charge in [-0.2, -0.15) is 0 Å². The number of rotatable bonds is 8. The normalized spacial score (nSPS) is 13.3. The molecule has 0 saturated heterocycles. The number of hydrogen-bond acceptors (Lipinski definition) is 5. The molecule has 2 aromatic rings. The highest BCUT2D eigenvalue weighted by atomic mass is 32.2. The first kappa shape index (κ1) is 22.1. The zero-order valence-corrected chi connectivity index (χ0v) is 17.6. The first-order valence-electron chi connectivity index (χ1n) is 8.59. The summed E-state index contributed by atoms with van der Waals surface area (Å²) in [5, 5.41) is 1.36. The van der Waals surface area contributed by atoms with Crippen LogP contribution in [0.15, 0.2) is 59.5 Å². The highest BCUT2D eigenvalue weighted by Gasteiger charge is 2.28. The molecule has 7 nitrogen and oxygen atoms in total. The lowest BCUT2D eigenvalue weighted by Crippen LogP contribution is -2.38. The van der Waals surface area contributed by atoms with Gasteiger partial charge in [-0.15, -0.1) is 0 Å². The van der Waals surface area contributed by atoms with Gasteiger partial charge in [-0.1, -0.05) is 42.5 Å². The smallest absolute Gasteiger partial charge is 0.242 e. The topological polar surface area (TPSA) is 101 Å². The molecule has 0 aliphatic heterocycles. The Balaban J connectivity index is 2.11. The van der Waals surface area contributed by atoms with Crippen molar-refractivity contribution < 1.29 is 21.6 Å². The second-order valence-corrected chi connectivity index (χ2v) is 11.1. The minimum absolute atomic E-state index is 0.00591. The quantitative estimate of drug-likeness (QED) is 0.693. The van der Waals surface area contributed by atoms with E-state index in [1.165, 1.54) is 45.3 Å². The molecular weight excluding hydrogens is 400 g/mol. The van der Waals surface area contributed by atoms with Gasteiger partial charge in [0.15, 0.2) is 9.84 Å². The largest absolute Gasteiger partial charge is 0.351 e. The molecule has 0 heterocycles. The average molecular weight is 425 g/mol. The van der Waals surface area contributed by atoms with E-state index in [9.17, 15) is 21.6 Å². The molecule has 28 heavy (non-hydrogen) atoms. The Morgan fingerprint density at radius 3 is 2.18 bits per heavy atom. The molecule has 0 aliphatic rings. The number of hydrogen-bond donors (Lipinski definition) is 1. The second kappa shape index (κ2) is 8.85. The summed E-state index contributed by atoms with van der Waals surface area (Å²) in [6.07, 6.45) is 0. The number of amides is 1. The fraction of sp³-hybridized carbons (Fsp3) is 0.316. The molecule has 0 fully saturated rings. The lowest BCUT2D eigenvalue weighted by Gasteiger charge is -2.15. The summed E-state index contributed by atoms with van der Waals surface area (Å²) in [5.74, 6) is -1.02. The fourth-order valence-electron chi connectivity index (χ4n) is 2.46. The van der Waals surface area contributed by atoms with E-state index < -0.39 is 36.8 Å². The van der Waals surface area contributed by atoms with Crippen LogP contribution in [-0.4, -0.2) is 46.4 Å². The van der Waals surface area contributed by atoms with Crippen molar-refractivity contribution in [1.29, 1.82) is 0 Å². The van der Waals surface area contributed by atoms with Gasteiger partial charge in [0.05, 0.1) is 10.6 Å². The Hall–Kier alpha value is -2.23. The Kier molecular flexibility index (Phi) is 6.97. The maximum atomic E-state index is 12.6. The number of sulfonamides is 1. The van der Waals surface area contributed by atoms with Gasteiger partial charge in [0.1, 0.15) is 5.25 Å². The first-order chi connectivity index (χ1) is 13.0. The van der Waals surface area contributed by atoms with E-state index in [0.717, 1.165) is 9.87 Å². The maximum Gasteiger partial charge on any atom is 0.242 e. The highest BCUT2D eigenvalue weighted by molar-refractivity contribution is 7.92. The fourth-order valence-corrected chi connectivity index (χ4v) is 4.73. The van der Waals surface area contributed by atoms with Crippen LogP contribution in [-0.2, 0) is 37.0 Å². The molecule has 0 spiro atoms. The predicted octanol–water partition coefficient (Wildman–Crippen LogP) is 1.56. The molecule has 0 bridgehead atoms. The highest BCUT2D eigenvalue weighted by Crippen LogP contribution is 2.18. The van der Waals surface area contributed by atoms with E-state index >= 15 is 0 Å². The SMILES string of the molecule is C[C@@H](C(=O)NCc1ccccc1)S(=O)(=O)Cc1cccc(S(=O)(=O)N(C)C)c1. The molecule has 2 rings (SSSR count). The Morgan fingerprint density at radius 2 is 1.57 bits per heavy atom. The summed E-state index contributed by atoms with van der Waals surface area (Å²) in [6, 6.07) is 14.9. The number of benzene rings is 2. The molecule has 0 saturated carbocycles. The van der Waals surface area contributed by atoms with E-state index in [-0.39, 0.29) is 11.4 Å². The van der Waals surface area contributed by atoms with Crippen molar-refractivity contribution in [2.75, 3.05) is 14.1 Å². The summed E-state index contributed by atoms with van der Waals surface area (Å²) >= 11 is 0. The molecule has 0 aliphatic carbocycles. The number of nitrogens with zero attached hydrogens (tertiary/aromatic N) is 1. The van der Waals surface area contributed by atoms with Gasteiger partial charge in [-0.3, -0.25) is 4.79 Å². The Morgan fingerprint density at radius 1 is 0.964 bits per heavy atom. The third-order valence-corrected chi connectivity index (χ3v) is 8.10. The molecule has 1 atom stereocenters. The molecular formula is C19H24N2O5S2. The molecule has 1 N–H and O–H groups in total. The lowest BCUT2D eigenvalue weighted by molar-refractivity contribution is -0.120. The van der Waals surface area contributed by atoms with Crippen LogP contribution in [0.5, 0.6) is 0 Å². The van der Waals surface area contributed by atoms with Crippen molar-refractivity contribution in [1.82, 2.24) is 9.62 Å². The van der Waals surface area contributed by atoms with Crippen molar-refractivity contribution in [3.8, 4) is 0 Å². The molecule has 0 unspecified atom stereocenters. The standard InChI is InChI=1S/C19H24N2O5S2/c1-15(19(22)20-13-16-8-5-4-6-9-16)27(23,24)14-17-10-7-11-18(12-17)28(25,26)21(2)3/h4-12,15H,13-14H2,1-3H3,(H,20,22)/t15-/m0/s1. The molecule has 0 radical (unpaired) electrons. The number of carbonyl (C=O) groups excluding carboxylic acids is 1. The van der Waals surface area contributed by atoms with Gasteiger partial charge < -0.3 is 5.32 Å². The van der Waals surface area contributed by atoms with Gasteiger partial charge in [0, 0.05) is 20.6 Å². The van der Waals surface area contributed by atoms with Gasteiger partial charge in [-0.25, -0.2) is 21.1 Å². The molecule has 152 valence electrons. The number of nitrogens with one attached hydrogen (secondary N) is 1. The van der Waals surface area contributed by atoms with Gasteiger partial charge in [0.25, 0.3) is 0 Å². The molecule has 2 aromatic carbocycles. The van der Waals surface area contributed by atoms with Crippen LogP contribution in [0.4, 0.5) is 0 Å². The zero-order chi connectivity index (χ0) is 20.9. The van der Waals surface area contributed by atoms with Crippen molar-refractivity contribution in [2.45, 2.75) is 29.4 Å². The van der Waals surface area contributed by atoms with E-state index in [2.05, 4.69) is 5.32 Å². The Bertz CT molecular complexity index is 1030. The summed E-state index contributed by atoms with van der Waals surface area (Å²) in [7, 11) is -4.69. The van der Waals surface area contributed by atoms with Gasteiger partial charge in [0.2, 0.25) is 15.9 Å². The van der Waals surface area contributed by atoms with Crippen LogP contribution in [0.3, 0.4) is 0 Å². The molecule has 0 aromatic heterocycles. The monoisotopic (exact) mass is 424 g/mol. The van der Waals surface area contributed by atoms with Crippen molar-refractivity contribution in [3.05, 3.63) is 65.7 Å². The summed E-state index contributed by atoms with van der Waals surface area (Å²) in [6.45, 7) is 1.56. The zero-order valence-electron chi connectivity index (χ0n) is 16.0. The molecule has 9 heteroatoms. The van der Waals surface area contributed by atoms with E-state index in [4.69, 9.17) is 0 Å². The third-order valence-electron chi connectivity index (χ3n) is 4.26. The summed E-state index contributed by atoms with van der Waals surface area (Å²) in [4.78, 5) is 12.3. The third kappa shape index (κ3) is 5.40. The number of carbonyl (C=O) groups is 1. The van der Waals surface area contributed by atoms with Crippen LogP contribution in [0.1, 0.15) is 18.1 Å². The van der Waals surface area contributed by atoms with Crippen LogP contribution < -0.4 is 5.32 Å². The van der Waals surface area contributed by atoms with Crippen LogP contribution in [0.25, 0.3) is 0 Å². The average Bonchev–Trinajstić information content (AvgIpc) is 2.66. The van der Waals surface area contributed by atoms with E-state index in [1.807, 2.05) is 30.3 Å². The van der Waals surface area contributed by atoms with Crippen molar-refractivity contribution in [2.24, 2.45) is 0 Å². The first-order valence-corrected chi connectivity index (χ1v) is 11.7. The summed E-state index contributed by atoms with van der Waals surface area (Å²) in [5.41, 5.74) is 1.17. The van der Waals surface area contributed by atoms with E-state index in [0.29, 0.717) is 5.56 Å². The van der Waals surface area contributed by atoms with E-state index in [1.54, 1.807) is 0 Å². The van der Waals surface area contributed by atoms with Crippen molar-refractivity contribution in [3.63, 3.8) is 0 Å². The lowest BCUT2D eigenvalue weighted by atomic mass is 10.2. The maximum absolute atomic E-state index is 12.6. The van der Waals surface area contributed by atoms with Gasteiger partial charge in [-0.05, 0) is 30.2 Å². The van der Waals surface area contributed by atoms with Crippen LogP contribution in [0.2, 0.25) is 0 Å². The minimum Gasteiger partial charge on any atom is -0.351 e. The predicted molar refractivity (Wildman–Crippen MR) is 108 cm³/mol. The van der Waals surface area contributed by atoms with Gasteiger partial charge >= 0.3 is 0 Å². The Labute approximate surface area is 166 Å². The summed E-state index contributed by atoms with van der Waals surface area (Å²) < 4.78 is 50.8.